The Morgan fingerprint density at radius 2 is 1.95 bits per heavy atom. The zero-order chi connectivity index (χ0) is 25.7. The number of benzene rings is 1. The molecule has 2 aliphatic carbocycles. The van der Waals surface area contributed by atoms with E-state index in [4.69, 9.17) is 9.47 Å². The van der Waals surface area contributed by atoms with E-state index >= 15 is 0 Å². The Labute approximate surface area is 223 Å². The van der Waals surface area contributed by atoms with E-state index in [0.717, 1.165) is 85.3 Å². The summed E-state index contributed by atoms with van der Waals surface area (Å²) in [7, 11) is 2.16. The molecule has 2 atom stereocenters. The molecule has 0 amide bonds. The van der Waals surface area contributed by atoms with Crippen LogP contribution in [0.25, 0.3) is 0 Å². The number of nitrogens with one attached hydrogen (secondary N) is 1. The highest BCUT2D eigenvalue weighted by atomic mass is 32.2. The second kappa shape index (κ2) is 9.63. The van der Waals surface area contributed by atoms with Crippen molar-refractivity contribution < 1.29 is 14.3 Å². The third-order valence-corrected chi connectivity index (χ3v) is 9.43. The molecule has 0 radical (unpaired) electrons. The van der Waals surface area contributed by atoms with E-state index in [1.807, 2.05) is 18.2 Å². The van der Waals surface area contributed by atoms with Crippen LogP contribution in [0.4, 0.5) is 0 Å². The Balaban J connectivity index is 1.39. The van der Waals surface area contributed by atoms with Gasteiger partial charge in [0.05, 0.1) is 30.2 Å². The Morgan fingerprint density at radius 3 is 2.68 bits per heavy atom. The number of ketones is 1. The number of ether oxygens (including phenoxy) is 2. The van der Waals surface area contributed by atoms with Crippen LogP contribution in [0.15, 0.2) is 52.1 Å². The molecule has 0 spiro atoms. The molecule has 3 aliphatic heterocycles. The first-order chi connectivity index (χ1) is 17.8. The van der Waals surface area contributed by atoms with Gasteiger partial charge in [-0.3, -0.25) is 4.79 Å². The van der Waals surface area contributed by atoms with Crippen LogP contribution in [0.3, 0.4) is 0 Å². The van der Waals surface area contributed by atoms with Crippen molar-refractivity contribution >= 4 is 17.7 Å². The second-order valence-electron chi connectivity index (χ2n) is 11.1. The van der Waals surface area contributed by atoms with Crippen molar-refractivity contribution in [2.24, 2.45) is 5.92 Å². The summed E-state index contributed by atoms with van der Waals surface area (Å²) >= 11 is 1.72. The predicted octanol–water partition coefficient (Wildman–Crippen LogP) is 3.83. The largest absolute Gasteiger partial charge is 0.489 e. The van der Waals surface area contributed by atoms with Gasteiger partial charge in [-0.2, -0.15) is 5.26 Å². The van der Waals surface area contributed by atoms with Crippen molar-refractivity contribution in [1.82, 2.24) is 14.5 Å². The summed E-state index contributed by atoms with van der Waals surface area (Å²) in [6, 6.07) is 6.37. The number of likely N-dealkylation sites (N-methyl/N-ethyl adjacent to an activating group) is 1. The number of nitriles is 1. The summed E-state index contributed by atoms with van der Waals surface area (Å²) in [5, 5.41) is 13.0. The molecule has 0 saturated carbocycles. The first kappa shape index (κ1) is 24.7. The Hall–Kier alpha value is -2.57. The van der Waals surface area contributed by atoms with Gasteiger partial charge in [0.2, 0.25) is 0 Å². The summed E-state index contributed by atoms with van der Waals surface area (Å²) in [5.74, 6) is 0.890. The van der Waals surface area contributed by atoms with Crippen LogP contribution in [-0.4, -0.2) is 73.6 Å². The summed E-state index contributed by atoms with van der Waals surface area (Å²) in [6.45, 7) is 9.78. The number of hydrogen-bond donors (Lipinski definition) is 1. The van der Waals surface area contributed by atoms with Crippen LogP contribution >= 0.6 is 11.9 Å². The molecule has 8 heteroatoms. The van der Waals surface area contributed by atoms with Crippen LogP contribution in [-0.2, 0) is 10.2 Å². The highest BCUT2D eigenvalue weighted by Crippen LogP contribution is 2.50. The van der Waals surface area contributed by atoms with Crippen molar-refractivity contribution in [2.75, 3.05) is 46.4 Å². The lowest BCUT2D eigenvalue weighted by atomic mass is 9.70. The third kappa shape index (κ3) is 4.42. The van der Waals surface area contributed by atoms with Gasteiger partial charge in [-0.15, -0.1) is 0 Å². The maximum atomic E-state index is 14.1. The third-order valence-electron chi connectivity index (χ3n) is 8.30. The first-order valence-electron chi connectivity index (χ1n) is 13.3. The first-order valence-corrected chi connectivity index (χ1v) is 14.0. The average molecular weight is 519 g/mol. The minimum absolute atomic E-state index is 0.0566. The van der Waals surface area contributed by atoms with Gasteiger partial charge in [-0.25, -0.2) is 4.31 Å². The molecule has 3 heterocycles. The molecule has 6 rings (SSSR count). The lowest BCUT2D eigenvalue weighted by Gasteiger charge is -2.36. The zero-order valence-electron chi connectivity index (χ0n) is 21.8. The van der Waals surface area contributed by atoms with E-state index in [-0.39, 0.29) is 23.8 Å². The molecule has 2 saturated heterocycles. The van der Waals surface area contributed by atoms with Crippen molar-refractivity contribution in [2.45, 2.75) is 49.1 Å². The highest BCUT2D eigenvalue weighted by Gasteiger charge is 2.48. The SMILES string of the molecule is CN1CCN(Sc2cc3c(cc2OC2CCOCC2)C(C)(C)C2=C(C3=O)C3C=CC(C#N)=CC3N2)CC1. The van der Waals surface area contributed by atoms with Crippen molar-refractivity contribution in [3.05, 3.63) is 58.3 Å². The maximum Gasteiger partial charge on any atom is 0.191 e. The Morgan fingerprint density at radius 1 is 1.19 bits per heavy atom. The number of allylic oxidation sites excluding steroid dienone is 3. The van der Waals surface area contributed by atoms with E-state index in [1.165, 1.54) is 0 Å². The second-order valence-corrected chi connectivity index (χ2v) is 12.3. The minimum Gasteiger partial charge on any atom is -0.489 e. The Kier molecular flexibility index (Phi) is 6.44. The monoisotopic (exact) mass is 518 g/mol. The van der Waals surface area contributed by atoms with Gasteiger partial charge >= 0.3 is 0 Å². The Bertz CT molecular complexity index is 1250. The molecule has 2 fully saturated rings. The average Bonchev–Trinajstić information content (AvgIpc) is 3.30. The molecule has 1 aromatic rings. The summed E-state index contributed by atoms with van der Waals surface area (Å²) in [6.07, 6.45) is 7.67. The topological polar surface area (TPSA) is 77.8 Å². The highest BCUT2D eigenvalue weighted by molar-refractivity contribution is 7.97. The van der Waals surface area contributed by atoms with Gasteiger partial charge in [0, 0.05) is 72.8 Å². The number of nitrogens with zero attached hydrogens (tertiary/aromatic N) is 3. The minimum atomic E-state index is -0.394. The van der Waals surface area contributed by atoms with Gasteiger partial charge in [-0.1, -0.05) is 19.9 Å². The van der Waals surface area contributed by atoms with Crippen molar-refractivity contribution in [1.29, 1.82) is 5.26 Å². The summed E-state index contributed by atoms with van der Waals surface area (Å²) < 4.78 is 14.6. The lowest BCUT2D eigenvalue weighted by molar-refractivity contribution is 0.0244. The molecule has 5 aliphatic rings. The normalized spacial score (nSPS) is 27.6. The fourth-order valence-corrected chi connectivity index (χ4v) is 7.05. The summed E-state index contributed by atoms with van der Waals surface area (Å²) in [4.78, 5) is 17.4. The van der Waals surface area contributed by atoms with Crippen LogP contribution < -0.4 is 10.1 Å². The standard InChI is InChI=1S/C29H34N4O3S/c1-29(2)22-16-24(36-19-6-12-35-13-7-19)25(37-33-10-8-32(3)9-11-33)15-21(22)27(34)26-20-5-4-18(17-30)14-23(20)31-28(26)29/h4-5,14-16,19-20,23,31H,6-13H2,1-3H3. The van der Waals surface area contributed by atoms with Crippen LogP contribution in [0.1, 0.15) is 42.6 Å². The smallest absolute Gasteiger partial charge is 0.191 e. The molecule has 7 nitrogen and oxygen atoms in total. The lowest BCUT2D eigenvalue weighted by Crippen LogP contribution is -2.41. The van der Waals surface area contributed by atoms with Crippen molar-refractivity contribution in [3.63, 3.8) is 0 Å². The molecule has 2 unspecified atom stereocenters. The molecule has 1 N–H and O–H groups in total. The molecule has 0 aromatic heterocycles. The van der Waals surface area contributed by atoms with Crippen molar-refractivity contribution in [3.8, 4) is 11.8 Å². The number of Topliss-reactive ketones (excluding diaryl/α,β-unsaturated/α-hetero) is 1. The summed E-state index contributed by atoms with van der Waals surface area (Å²) in [5.41, 5.74) is 3.81. The molecule has 1 aromatic carbocycles. The number of carbonyl (C=O) groups excluding carboxylic acids is 1. The molecular formula is C29H34N4O3S. The van der Waals surface area contributed by atoms with Gasteiger partial charge < -0.3 is 19.7 Å². The fraction of sp³-hybridized carbons (Fsp3) is 0.517. The van der Waals surface area contributed by atoms with E-state index in [9.17, 15) is 10.1 Å². The van der Waals surface area contributed by atoms with Crippen LogP contribution in [0.2, 0.25) is 0 Å². The van der Waals surface area contributed by atoms with Gasteiger partial charge in [0.1, 0.15) is 11.9 Å². The van der Waals surface area contributed by atoms with Crippen LogP contribution in [0, 0.1) is 17.2 Å². The molecular weight excluding hydrogens is 484 g/mol. The molecule has 0 bridgehead atoms. The zero-order valence-corrected chi connectivity index (χ0v) is 22.6. The van der Waals surface area contributed by atoms with E-state index in [1.54, 1.807) is 11.9 Å². The quantitative estimate of drug-likeness (QED) is 0.603. The van der Waals surface area contributed by atoms with Crippen LogP contribution in [0.5, 0.6) is 5.75 Å². The number of rotatable bonds is 4. The number of fused-ring (bicyclic) bond motifs is 3. The fourth-order valence-electron chi connectivity index (χ4n) is 6.05. The molecule has 194 valence electrons. The molecule has 37 heavy (non-hydrogen) atoms. The van der Waals surface area contributed by atoms with E-state index < -0.39 is 5.41 Å². The van der Waals surface area contributed by atoms with Gasteiger partial charge in [-0.05, 0) is 48.8 Å². The number of piperazine rings is 1. The van der Waals surface area contributed by atoms with Gasteiger partial charge in [0.15, 0.2) is 5.78 Å². The van der Waals surface area contributed by atoms with E-state index in [0.29, 0.717) is 5.57 Å². The predicted molar refractivity (Wildman–Crippen MR) is 143 cm³/mol. The maximum absolute atomic E-state index is 14.1. The number of hydrogen-bond acceptors (Lipinski definition) is 8. The number of carbonyl (C=O) groups is 1. The van der Waals surface area contributed by atoms with E-state index in [2.05, 4.69) is 53.6 Å². The van der Waals surface area contributed by atoms with Gasteiger partial charge in [0.25, 0.3) is 0 Å².